The van der Waals surface area contributed by atoms with Gasteiger partial charge in [-0.15, -0.1) is 0 Å². The highest BCUT2D eigenvalue weighted by Gasteiger charge is 2.42. The second kappa shape index (κ2) is 10.2. The minimum absolute atomic E-state index is 0.0199. The van der Waals surface area contributed by atoms with E-state index in [9.17, 15) is 9.18 Å². The van der Waals surface area contributed by atoms with Crippen LogP contribution in [0.4, 0.5) is 4.39 Å². The summed E-state index contributed by atoms with van der Waals surface area (Å²) in [5.41, 5.74) is 6.62. The highest BCUT2D eigenvalue weighted by atomic mass is 19.1. The van der Waals surface area contributed by atoms with E-state index in [0.717, 1.165) is 0 Å². The molecule has 6 heteroatoms. The molecule has 0 spiro atoms. The predicted octanol–water partition coefficient (Wildman–Crippen LogP) is 3.19. The van der Waals surface area contributed by atoms with Gasteiger partial charge in [0, 0.05) is 19.1 Å². The van der Waals surface area contributed by atoms with E-state index in [1.807, 2.05) is 13.8 Å². The zero-order valence-electron chi connectivity index (χ0n) is 17.1. The number of hydrazine groups is 1. The van der Waals surface area contributed by atoms with Gasteiger partial charge in [-0.25, -0.2) is 4.39 Å². The van der Waals surface area contributed by atoms with E-state index in [0.29, 0.717) is 25.4 Å². The van der Waals surface area contributed by atoms with Gasteiger partial charge in [-0.05, 0) is 39.0 Å². The lowest BCUT2D eigenvalue weighted by Crippen LogP contribution is -2.52. The van der Waals surface area contributed by atoms with Gasteiger partial charge in [-0.2, -0.15) is 0 Å². The Morgan fingerprint density at radius 3 is 2.37 bits per heavy atom. The van der Waals surface area contributed by atoms with Crippen LogP contribution in [-0.2, 0) is 9.53 Å². The smallest absolute Gasteiger partial charge is 0.228 e. The molecule has 5 nitrogen and oxygen atoms in total. The largest absolute Gasteiger partial charge is 0.372 e. The van der Waals surface area contributed by atoms with Crippen molar-refractivity contribution in [1.82, 2.24) is 15.8 Å². The van der Waals surface area contributed by atoms with Gasteiger partial charge < -0.3 is 9.64 Å². The fourth-order valence-electron chi connectivity index (χ4n) is 5.05. The van der Waals surface area contributed by atoms with Crippen molar-refractivity contribution in [2.45, 2.75) is 96.1 Å². The molecule has 27 heavy (non-hydrogen) atoms. The zero-order chi connectivity index (χ0) is 19.2. The molecule has 2 N–H and O–H groups in total. The van der Waals surface area contributed by atoms with Crippen molar-refractivity contribution in [2.24, 2.45) is 11.8 Å². The maximum atomic E-state index is 14.6. The molecule has 1 aliphatic carbocycles. The van der Waals surface area contributed by atoms with Crippen molar-refractivity contribution in [3.63, 3.8) is 0 Å². The number of hydrogen-bond acceptors (Lipinski definition) is 4. The number of carbonyl (C=O) groups excluding carboxylic acids is 1. The van der Waals surface area contributed by atoms with E-state index in [4.69, 9.17) is 4.74 Å². The molecule has 0 aromatic rings. The van der Waals surface area contributed by atoms with Gasteiger partial charge in [-0.3, -0.25) is 15.6 Å². The number of halogens is 1. The summed E-state index contributed by atoms with van der Waals surface area (Å²) in [5.74, 6) is 0.573. The van der Waals surface area contributed by atoms with Crippen LogP contribution < -0.4 is 10.9 Å². The molecule has 2 heterocycles. The summed E-state index contributed by atoms with van der Waals surface area (Å²) in [6, 6.07) is 0.179. The molecule has 2 saturated heterocycles. The Morgan fingerprint density at radius 1 is 1.07 bits per heavy atom. The molecule has 0 aromatic carbocycles. The van der Waals surface area contributed by atoms with Crippen LogP contribution in [0.5, 0.6) is 0 Å². The van der Waals surface area contributed by atoms with Crippen molar-refractivity contribution in [2.75, 3.05) is 19.6 Å². The molecule has 2 unspecified atom stereocenters. The maximum Gasteiger partial charge on any atom is 0.228 e. The van der Waals surface area contributed by atoms with Gasteiger partial charge in [0.15, 0.2) is 0 Å². The van der Waals surface area contributed by atoms with E-state index >= 15 is 0 Å². The van der Waals surface area contributed by atoms with Gasteiger partial charge >= 0.3 is 0 Å². The van der Waals surface area contributed by atoms with Crippen LogP contribution in [0.25, 0.3) is 0 Å². The molecule has 3 fully saturated rings. The van der Waals surface area contributed by atoms with Gasteiger partial charge in [0.1, 0.15) is 6.17 Å². The van der Waals surface area contributed by atoms with Crippen LogP contribution in [0.2, 0.25) is 0 Å². The third-order valence-corrected chi connectivity index (χ3v) is 6.49. The van der Waals surface area contributed by atoms with E-state index in [-0.39, 0.29) is 36.6 Å². The van der Waals surface area contributed by atoms with Crippen molar-refractivity contribution < 1.29 is 13.9 Å². The molecule has 2 aliphatic heterocycles. The number of piperidine rings is 1. The number of ether oxygens (including phenoxy) is 1. The number of nitrogens with zero attached hydrogens (tertiary/aromatic N) is 1. The lowest BCUT2D eigenvalue weighted by atomic mass is 9.82. The van der Waals surface area contributed by atoms with Gasteiger partial charge in [-0.1, -0.05) is 38.5 Å². The summed E-state index contributed by atoms with van der Waals surface area (Å²) in [6.45, 7) is 5.29. The third-order valence-electron chi connectivity index (χ3n) is 6.49. The van der Waals surface area contributed by atoms with E-state index < -0.39 is 6.17 Å². The van der Waals surface area contributed by atoms with Crippen LogP contribution in [0.1, 0.15) is 71.6 Å². The number of hydrogen-bond donors (Lipinski definition) is 2. The number of likely N-dealkylation sites (tertiary alicyclic amines) is 1. The summed E-state index contributed by atoms with van der Waals surface area (Å²) < 4.78 is 20.2. The average molecular weight is 384 g/mol. The number of carbonyl (C=O) groups is 1. The molecule has 3 aliphatic rings. The highest BCUT2D eigenvalue weighted by Crippen LogP contribution is 2.30. The Balaban J connectivity index is 1.58. The molecular weight excluding hydrogens is 345 g/mol. The van der Waals surface area contributed by atoms with Crippen LogP contribution in [0.3, 0.4) is 0 Å². The van der Waals surface area contributed by atoms with Crippen LogP contribution in [0.15, 0.2) is 0 Å². The average Bonchev–Trinajstić information content (AvgIpc) is 3.15. The molecule has 4 atom stereocenters. The number of nitrogens with one attached hydrogen (secondary N) is 2. The Hall–Kier alpha value is -0.720. The molecule has 0 radical (unpaired) electrons. The van der Waals surface area contributed by atoms with Crippen molar-refractivity contribution in [3.05, 3.63) is 0 Å². The minimum atomic E-state index is -1.09. The second-order valence-electron chi connectivity index (χ2n) is 8.93. The Kier molecular flexibility index (Phi) is 7.91. The zero-order valence-corrected chi connectivity index (χ0v) is 17.1. The Bertz CT molecular complexity index is 466. The molecule has 156 valence electrons. The number of rotatable bonds is 4. The number of alkyl halides is 1. The van der Waals surface area contributed by atoms with Crippen LogP contribution in [-0.4, -0.2) is 54.9 Å². The third kappa shape index (κ3) is 5.64. The standard InChI is InChI=1S/C21H38FN3O2/c1-15(2)27-19-11-12-25(14-18(19)22)21(26)17-13-23-24-20(17)16-9-7-5-3-4-6-8-10-16/h15-20,23-24H,3-14H2,1-2H3/t17?,18-,19+,20?/m1/s1. The summed E-state index contributed by atoms with van der Waals surface area (Å²) in [6.07, 6.45) is 9.35. The van der Waals surface area contributed by atoms with E-state index in [1.165, 1.54) is 51.4 Å². The first-order valence-corrected chi connectivity index (χ1v) is 11.1. The van der Waals surface area contributed by atoms with Gasteiger partial charge in [0.05, 0.1) is 24.7 Å². The van der Waals surface area contributed by atoms with Crippen molar-refractivity contribution >= 4 is 5.91 Å². The van der Waals surface area contributed by atoms with Gasteiger partial charge in [0.2, 0.25) is 5.91 Å². The molecule has 3 rings (SSSR count). The first kappa shape index (κ1) is 21.0. The normalized spacial score (nSPS) is 34.3. The Morgan fingerprint density at radius 2 is 1.74 bits per heavy atom. The summed E-state index contributed by atoms with van der Waals surface area (Å²) >= 11 is 0. The lowest BCUT2D eigenvalue weighted by molar-refractivity contribution is -0.143. The first-order valence-electron chi connectivity index (χ1n) is 11.1. The molecule has 1 saturated carbocycles. The summed E-state index contributed by atoms with van der Waals surface area (Å²) in [4.78, 5) is 14.9. The fraction of sp³-hybridized carbons (Fsp3) is 0.952. The Labute approximate surface area is 163 Å². The highest BCUT2D eigenvalue weighted by molar-refractivity contribution is 5.80. The number of amides is 1. The fourth-order valence-corrected chi connectivity index (χ4v) is 5.05. The lowest BCUT2D eigenvalue weighted by Gasteiger charge is -2.38. The monoisotopic (exact) mass is 383 g/mol. The molecule has 1 amide bonds. The topological polar surface area (TPSA) is 53.6 Å². The van der Waals surface area contributed by atoms with Crippen molar-refractivity contribution in [3.8, 4) is 0 Å². The van der Waals surface area contributed by atoms with Crippen molar-refractivity contribution in [1.29, 1.82) is 0 Å². The second-order valence-corrected chi connectivity index (χ2v) is 8.93. The van der Waals surface area contributed by atoms with E-state index in [1.54, 1.807) is 4.90 Å². The molecule has 0 bridgehead atoms. The van der Waals surface area contributed by atoms with Crippen LogP contribution in [0, 0.1) is 11.8 Å². The quantitative estimate of drug-likeness (QED) is 0.783. The first-order chi connectivity index (χ1) is 13.1. The van der Waals surface area contributed by atoms with Gasteiger partial charge in [0.25, 0.3) is 0 Å². The van der Waals surface area contributed by atoms with E-state index in [2.05, 4.69) is 10.9 Å². The summed E-state index contributed by atoms with van der Waals surface area (Å²) in [5, 5.41) is 0. The minimum Gasteiger partial charge on any atom is -0.372 e. The molecular formula is C21H38FN3O2. The SMILES string of the molecule is CC(C)O[C@H]1CCN(C(=O)C2CNNC2C2CCCCCCCC2)C[C@H]1F. The maximum absolute atomic E-state index is 14.6. The predicted molar refractivity (Wildman–Crippen MR) is 105 cm³/mol. The summed E-state index contributed by atoms with van der Waals surface area (Å²) in [7, 11) is 0. The van der Waals surface area contributed by atoms with Crippen LogP contribution >= 0.6 is 0 Å². The molecule has 0 aromatic heterocycles.